The van der Waals surface area contributed by atoms with Crippen molar-refractivity contribution in [2.75, 3.05) is 13.2 Å². The molecule has 0 aromatic carbocycles. The second-order valence-corrected chi connectivity index (χ2v) is 6.93. The molecule has 6 nitrogen and oxygen atoms in total. The molecular formula is C20H33N3O3. The van der Waals surface area contributed by atoms with Crippen LogP contribution in [0.2, 0.25) is 0 Å². The van der Waals surface area contributed by atoms with Gasteiger partial charge in [0.1, 0.15) is 12.4 Å². The molecule has 0 aliphatic heterocycles. The van der Waals surface area contributed by atoms with Gasteiger partial charge in [-0.15, -0.1) is 0 Å². The highest BCUT2D eigenvalue weighted by atomic mass is 16.5. The summed E-state index contributed by atoms with van der Waals surface area (Å²) in [4.78, 5) is 19.3. The van der Waals surface area contributed by atoms with Crippen LogP contribution >= 0.6 is 0 Å². The van der Waals surface area contributed by atoms with Crippen molar-refractivity contribution in [3.8, 4) is 0 Å². The molecule has 146 valence electrons. The number of nitrogens with zero attached hydrogens (tertiary/aromatic N) is 2. The monoisotopic (exact) mass is 363 g/mol. The molecule has 0 amide bonds. The van der Waals surface area contributed by atoms with Crippen molar-refractivity contribution in [1.29, 1.82) is 0 Å². The first-order valence-corrected chi connectivity index (χ1v) is 10.0. The molecule has 2 rings (SSSR count). The summed E-state index contributed by atoms with van der Waals surface area (Å²) in [5.41, 5.74) is 1.43. The lowest BCUT2D eigenvalue weighted by Crippen LogP contribution is -2.23. The highest BCUT2D eigenvalue weighted by molar-refractivity contribution is 5.75. The van der Waals surface area contributed by atoms with Gasteiger partial charge in [-0.2, -0.15) is 4.98 Å². The summed E-state index contributed by atoms with van der Waals surface area (Å²) < 4.78 is 6.63. The van der Waals surface area contributed by atoms with E-state index in [2.05, 4.69) is 23.0 Å². The Bertz CT molecular complexity index is 693. The third-order valence-corrected chi connectivity index (χ3v) is 4.65. The summed E-state index contributed by atoms with van der Waals surface area (Å²) >= 11 is 0. The lowest BCUT2D eigenvalue weighted by Gasteiger charge is -2.04. The van der Waals surface area contributed by atoms with Crippen molar-refractivity contribution in [2.24, 2.45) is 0 Å². The summed E-state index contributed by atoms with van der Waals surface area (Å²) in [5.74, 6) is 0. The maximum absolute atomic E-state index is 12.0. The van der Waals surface area contributed by atoms with Gasteiger partial charge in [0, 0.05) is 17.3 Å². The molecule has 0 spiro atoms. The quantitative estimate of drug-likeness (QED) is 0.501. The number of nitrogens with one attached hydrogen (secondary N) is 1. The highest BCUT2D eigenvalue weighted by Crippen LogP contribution is 2.15. The lowest BCUT2D eigenvalue weighted by atomic mass is 10.1. The zero-order valence-corrected chi connectivity index (χ0v) is 16.0. The Morgan fingerprint density at radius 3 is 2.50 bits per heavy atom. The maximum Gasteiger partial charge on any atom is 0.351 e. The van der Waals surface area contributed by atoms with Crippen molar-refractivity contribution in [1.82, 2.24) is 14.5 Å². The predicted molar refractivity (Wildman–Crippen MR) is 104 cm³/mol. The third kappa shape index (κ3) is 6.92. The molecule has 0 aliphatic rings. The Balaban J connectivity index is 1.73. The molecule has 0 saturated carbocycles. The summed E-state index contributed by atoms with van der Waals surface area (Å²) in [6, 6.07) is 2.06. The number of hydrogen-bond donors (Lipinski definition) is 2. The number of fused-ring (bicyclic) bond motifs is 1. The molecule has 0 saturated heterocycles. The third-order valence-electron chi connectivity index (χ3n) is 4.65. The molecule has 2 N–H and O–H groups in total. The smallest absolute Gasteiger partial charge is 0.351 e. The molecule has 0 unspecified atom stereocenters. The normalized spacial score (nSPS) is 11.5. The number of hydrogen-bond acceptors (Lipinski definition) is 4. The molecular weight excluding hydrogens is 330 g/mol. The molecule has 2 aromatic heterocycles. The molecule has 2 heterocycles. The van der Waals surface area contributed by atoms with Gasteiger partial charge in [-0.1, -0.05) is 58.3 Å². The predicted octanol–water partition coefficient (Wildman–Crippen LogP) is 3.76. The van der Waals surface area contributed by atoms with Gasteiger partial charge in [0.05, 0.1) is 13.2 Å². The molecule has 2 aromatic rings. The van der Waals surface area contributed by atoms with Crippen molar-refractivity contribution < 1.29 is 9.84 Å². The van der Waals surface area contributed by atoms with Gasteiger partial charge in [-0.25, -0.2) is 4.79 Å². The zero-order chi connectivity index (χ0) is 18.6. The minimum Gasteiger partial charge on any atom is -0.394 e. The molecule has 0 atom stereocenters. The summed E-state index contributed by atoms with van der Waals surface area (Å²) in [7, 11) is 0. The minimum absolute atomic E-state index is 0.0581. The van der Waals surface area contributed by atoms with Gasteiger partial charge in [0.2, 0.25) is 0 Å². The summed E-state index contributed by atoms with van der Waals surface area (Å²) in [5, 5.41) is 9.66. The molecule has 26 heavy (non-hydrogen) atoms. The van der Waals surface area contributed by atoms with Crippen LogP contribution in [0.25, 0.3) is 11.0 Å². The second-order valence-electron chi connectivity index (χ2n) is 6.93. The maximum atomic E-state index is 12.0. The standard InChI is InChI=1S/C20H33N3O3/c1-2-3-4-5-6-7-8-9-10-11-18-14-17-15-23(16-26-13-12-24)20(25)22-19(17)21-18/h14-15,24H,2-13,16H2,1H3,(H,21,22,25). The molecule has 0 bridgehead atoms. The average molecular weight is 364 g/mol. The fourth-order valence-electron chi connectivity index (χ4n) is 3.17. The van der Waals surface area contributed by atoms with Crippen molar-refractivity contribution in [2.45, 2.75) is 77.9 Å². The van der Waals surface area contributed by atoms with Gasteiger partial charge >= 0.3 is 5.69 Å². The van der Waals surface area contributed by atoms with Crippen LogP contribution in [0.3, 0.4) is 0 Å². The number of ether oxygens (including phenoxy) is 1. The zero-order valence-electron chi connectivity index (χ0n) is 16.0. The highest BCUT2D eigenvalue weighted by Gasteiger charge is 2.06. The fraction of sp³-hybridized carbons (Fsp3) is 0.700. The van der Waals surface area contributed by atoms with E-state index in [0.29, 0.717) is 5.65 Å². The fourth-order valence-corrected chi connectivity index (χ4v) is 3.17. The van der Waals surface area contributed by atoms with Crippen LogP contribution in [0.15, 0.2) is 17.1 Å². The Kier molecular flexibility index (Phi) is 9.42. The Labute approximate surface area is 155 Å². The van der Waals surface area contributed by atoms with Crippen LogP contribution < -0.4 is 5.69 Å². The average Bonchev–Trinajstić information content (AvgIpc) is 3.02. The van der Waals surface area contributed by atoms with E-state index in [9.17, 15) is 4.79 Å². The molecule has 0 radical (unpaired) electrons. The van der Waals surface area contributed by atoms with Crippen LogP contribution in [0.5, 0.6) is 0 Å². The summed E-state index contributed by atoms with van der Waals surface area (Å²) in [6.07, 6.45) is 14.6. The van der Waals surface area contributed by atoms with Crippen LogP contribution in [-0.2, 0) is 17.9 Å². The van der Waals surface area contributed by atoms with Gasteiger partial charge in [0.25, 0.3) is 0 Å². The second kappa shape index (κ2) is 11.9. The van der Waals surface area contributed by atoms with E-state index in [1.165, 1.54) is 55.9 Å². The van der Waals surface area contributed by atoms with Crippen molar-refractivity contribution in [3.05, 3.63) is 28.4 Å². The number of aliphatic hydroxyl groups is 1. The van der Waals surface area contributed by atoms with Crippen LogP contribution in [-0.4, -0.2) is 32.9 Å². The van der Waals surface area contributed by atoms with Gasteiger partial charge in [0.15, 0.2) is 0 Å². The lowest BCUT2D eigenvalue weighted by molar-refractivity contribution is 0.0460. The largest absolute Gasteiger partial charge is 0.394 e. The van der Waals surface area contributed by atoms with E-state index >= 15 is 0 Å². The first kappa shape index (κ1) is 20.6. The molecule has 0 fully saturated rings. The van der Waals surface area contributed by atoms with Crippen LogP contribution in [0, 0.1) is 0 Å². The number of H-pyrrole nitrogens is 1. The SMILES string of the molecule is CCCCCCCCCCCc1cc2cn(COCCO)c(=O)nc2[nH]1. The van der Waals surface area contributed by atoms with Crippen molar-refractivity contribution in [3.63, 3.8) is 0 Å². The van der Waals surface area contributed by atoms with E-state index in [0.717, 1.165) is 23.9 Å². The van der Waals surface area contributed by atoms with E-state index in [4.69, 9.17) is 9.84 Å². The molecule has 0 aliphatic carbocycles. The molecule has 6 heteroatoms. The Morgan fingerprint density at radius 2 is 1.81 bits per heavy atom. The topological polar surface area (TPSA) is 80.1 Å². The van der Waals surface area contributed by atoms with Gasteiger partial charge < -0.3 is 14.8 Å². The number of unbranched alkanes of at least 4 members (excludes halogenated alkanes) is 8. The van der Waals surface area contributed by atoms with Crippen LogP contribution in [0.1, 0.15) is 70.4 Å². The Hall–Kier alpha value is -1.66. The number of aromatic amines is 1. The summed E-state index contributed by atoms with van der Waals surface area (Å²) in [6.45, 7) is 2.52. The minimum atomic E-state index is -0.341. The van der Waals surface area contributed by atoms with E-state index < -0.39 is 0 Å². The number of aryl methyl sites for hydroxylation is 1. The first-order chi connectivity index (χ1) is 12.7. The number of rotatable bonds is 14. The van der Waals surface area contributed by atoms with Crippen LogP contribution in [0.4, 0.5) is 0 Å². The first-order valence-electron chi connectivity index (χ1n) is 10.0. The number of aromatic nitrogens is 3. The van der Waals surface area contributed by atoms with E-state index in [1.54, 1.807) is 6.20 Å². The number of aliphatic hydroxyl groups excluding tert-OH is 1. The van der Waals surface area contributed by atoms with Gasteiger partial charge in [-0.05, 0) is 18.9 Å². The van der Waals surface area contributed by atoms with E-state index in [1.807, 2.05) is 0 Å². The van der Waals surface area contributed by atoms with E-state index in [-0.39, 0.29) is 25.6 Å². The van der Waals surface area contributed by atoms with Crippen molar-refractivity contribution >= 4 is 11.0 Å². The van der Waals surface area contributed by atoms with Gasteiger partial charge in [-0.3, -0.25) is 4.57 Å². The Morgan fingerprint density at radius 1 is 1.12 bits per heavy atom.